The van der Waals surface area contributed by atoms with E-state index in [1.807, 2.05) is 19.9 Å². The summed E-state index contributed by atoms with van der Waals surface area (Å²) in [6, 6.07) is 8.55. The Balaban J connectivity index is 2.11. The highest BCUT2D eigenvalue weighted by Crippen LogP contribution is 2.39. The number of aliphatic carboxylic acids is 1. The Morgan fingerprint density at radius 3 is 2.29 bits per heavy atom. The second-order valence-corrected chi connectivity index (χ2v) is 8.09. The Labute approximate surface area is 193 Å². The molecule has 0 saturated heterocycles. The summed E-state index contributed by atoms with van der Waals surface area (Å²) >= 11 is 0. The summed E-state index contributed by atoms with van der Waals surface area (Å²) in [7, 11) is 0. The van der Waals surface area contributed by atoms with Crippen LogP contribution in [0.15, 0.2) is 41.5 Å². The molecule has 0 aliphatic rings. The number of nitrogens with zero attached hydrogens (tertiary/aromatic N) is 2. The van der Waals surface area contributed by atoms with Crippen molar-refractivity contribution in [1.82, 2.24) is 9.99 Å². The van der Waals surface area contributed by atoms with Gasteiger partial charge in [0, 0.05) is 23.9 Å². The zero-order valence-electron chi connectivity index (χ0n) is 18.8. The van der Waals surface area contributed by atoms with Gasteiger partial charge in [-0.3, -0.25) is 14.2 Å². The molecule has 34 heavy (non-hydrogen) atoms. The first kappa shape index (κ1) is 24.8. The molecular formula is C24H24F3N3O4. The highest BCUT2D eigenvalue weighted by Gasteiger charge is 2.32. The van der Waals surface area contributed by atoms with Crippen molar-refractivity contribution in [1.29, 1.82) is 0 Å². The molecule has 0 atom stereocenters. The molecule has 10 heteroatoms. The average Bonchev–Trinajstić information content (AvgIpc) is 3.01. The normalized spacial score (nSPS) is 12.2. The van der Waals surface area contributed by atoms with Crippen molar-refractivity contribution in [2.24, 2.45) is 5.10 Å². The number of aromatic nitrogens is 1. The number of carbonyl (C=O) groups is 2. The molecule has 0 aliphatic heterocycles. The molecule has 0 saturated carbocycles. The lowest BCUT2D eigenvalue weighted by Gasteiger charge is -2.11. The number of halogens is 3. The molecule has 0 radical (unpaired) electrons. The van der Waals surface area contributed by atoms with Gasteiger partial charge in [-0.05, 0) is 62.6 Å². The first-order valence-electron chi connectivity index (χ1n) is 10.5. The van der Waals surface area contributed by atoms with E-state index < -0.39 is 23.6 Å². The largest absolute Gasteiger partial charge is 0.494 e. The first-order valence-corrected chi connectivity index (χ1v) is 10.5. The van der Waals surface area contributed by atoms with Crippen LogP contribution in [0.5, 0.6) is 5.88 Å². The zero-order chi connectivity index (χ0) is 25.2. The Hall–Kier alpha value is -3.82. The van der Waals surface area contributed by atoms with Crippen LogP contribution in [0.3, 0.4) is 0 Å². The molecule has 1 heterocycles. The zero-order valence-corrected chi connectivity index (χ0v) is 18.8. The van der Waals surface area contributed by atoms with E-state index in [0.29, 0.717) is 11.1 Å². The van der Waals surface area contributed by atoms with Crippen molar-refractivity contribution < 1.29 is 33.0 Å². The minimum atomic E-state index is -4.57. The maximum atomic E-state index is 13.4. The molecule has 2 aromatic carbocycles. The Morgan fingerprint density at radius 2 is 1.71 bits per heavy atom. The first-order chi connectivity index (χ1) is 15.9. The van der Waals surface area contributed by atoms with Crippen LogP contribution in [0.1, 0.15) is 48.4 Å². The standard InChI is InChI=1S/C24H24F3N3O4/c1-13-9-14(2)11-17(10-13)30-19-12-16(24(25,26)27)7-8-18(19)22(23(30)34)15(3)28-29-20(31)5-4-6-21(32)33/h7-12,34H,4-6H2,1-3H3,(H,29,31)(H,32,33)/b28-15-. The second-order valence-electron chi connectivity index (χ2n) is 8.09. The van der Waals surface area contributed by atoms with Crippen LogP contribution in [0.2, 0.25) is 0 Å². The summed E-state index contributed by atoms with van der Waals surface area (Å²) in [5.74, 6) is -1.85. The Kier molecular flexibility index (Phi) is 6.99. The predicted molar refractivity (Wildman–Crippen MR) is 121 cm³/mol. The van der Waals surface area contributed by atoms with Gasteiger partial charge in [0.15, 0.2) is 0 Å². The van der Waals surface area contributed by atoms with Crippen LogP contribution in [0, 0.1) is 13.8 Å². The fraction of sp³-hybridized carbons (Fsp3) is 0.292. The summed E-state index contributed by atoms with van der Waals surface area (Å²) in [6.07, 6.45) is -4.67. The molecular weight excluding hydrogens is 451 g/mol. The van der Waals surface area contributed by atoms with Gasteiger partial charge in [0.2, 0.25) is 11.8 Å². The van der Waals surface area contributed by atoms with E-state index in [1.165, 1.54) is 17.6 Å². The smallest absolute Gasteiger partial charge is 0.416 e. The van der Waals surface area contributed by atoms with Gasteiger partial charge >= 0.3 is 12.1 Å². The lowest BCUT2D eigenvalue weighted by Crippen LogP contribution is -2.19. The molecule has 3 rings (SSSR count). The van der Waals surface area contributed by atoms with Crippen molar-refractivity contribution in [2.45, 2.75) is 46.2 Å². The number of fused-ring (bicyclic) bond motifs is 1. The number of hydrogen-bond acceptors (Lipinski definition) is 4. The van der Waals surface area contributed by atoms with Gasteiger partial charge in [0.05, 0.1) is 22.4 Å². The minimum Gasteiger partial charge on any atom is -0.494 e. The number of hydrazone groups is 1. The van der Waals surface area contributed by atoms with E-state index >= 15 is 0 Å². The highest BCUT2D eigenvalue weighted by molar-refractivity contribution is 6.13. The number of benzene rings is 2. The van der Waals surface area contributed by atoms with Gasteiger partial charge in [-0.1, -0.05) is 12.1 Å². The molecule has 1 amide bonds. The molecule has 0 spiro atoms. The van der Waals surface area contributed by atoms with E-state index in [1.54, 1.807) is 12.1 Å². The molecule has 0 fully saturated rings. The number of nitrogens with one attached hydrogen (secondary N) is 1. The van der Waals surface area contributed by atoms with Crippen LogP contribution in [-0.4, -0.2) is 32.4 Å². The third-order valence-corrected chi connectivity index (χ3v) is 5.24. The van der Waals surface area contributed by atoms with E-state index in [4.69, 9.17) is 5.11 Å². The van der Waals surface area contributed by atoms with Crippen LogP contribution in [0.25, 0.3) is 16.6 Å². The van der Waals surface area contributed by atoms with Crippen molar-refractivity contribution in [2.75, 3.05) is 0 Å². The summed E-state index contributed by atoms with van der Waals surface area (Å²) in [5.41, 5.74) is 4.14. The van der Waals surface area contributed by atoms with E-state index in [9.17, 15) is 27.9 Å². The molecule has 3 N–H and O–H groups in total. The van der Waals surface area contributed by atoms with Crippen LogP contribution in [-0.2, 0) is 15.8 Å². The molecule has 180 valence electrons. The molecule has 1 aromatic heterocycles. The van der Waals surface area contributed by atoms with Crippen molar-refractivity contribution in [3.63, 3.8) is 0 Å². The monoisotopic (exact) mass is 475 g/mol. The number of hydrogen-bond donors (Lipinski definition) is 3. The summed E-state index contributed by atoms with van der Waals surface area (Å²) in [4.78, 5) is 22.5. The maximum absolute atomic E-state index is 13.4. The lowest BCUT2D eigenvalue weighted by molar-refractivity contribution is -0.138. The van der Waals surface area contributed by atoms with Gasteiger partial charge < -0.3 is 10.2 Å². The fourth-order valence-corrected chi connectivity index (χ4v) is 3.81. The van der Waals surface area contributed by atoms with E-state index in [-0.39, 0.29) is 41.9 Å². The van der Waals surface area contributed by atoms with Gasteiger partial charge in [-0.2, -0.15) is 18.3 Å². The Bertz CT molecular complexity index is 1270. The number of alkyl halides is 3. The molecule has 3 aromatic rings. The molecule has 7 nitrogen and oxygen atoms in total. The highest BCUT2D eigenvalue weighted by atomic mass is 19.4. The lowest BCUT2D eigenvalue weighted by atomic mass is 10.1. The summed E-state index contributed by atoms with van der Waals surface area (Å²) in [5, 5.41) is 24.1. The van der Waals surface area contributed by atoms with Gasteiger partial charge in [0.1, 0.15) is 0 Å². The van der Waals surface area contributed by atoms with Crippen LogP contribution < -0.4 is 5.43 Å². The SMILES string of the molecule is C/C(=N/NC(=O)CCCC(=O)O)c1c(O)n(-c2cc(C)cc(C)c2)c2cc(C(F)(F)F)ccc12. The van der Waals surface area contributed by atoms with Crippen molar-refractivity contribution in [3.8, 4) is 11.6 Å². The van der Waals surface area contributed by atoms with Gasteiger partial charge in [-0.25, -0.2) is 5.43 Å². The number of carboxylic acids is 1. The number of rotatable bonds is 7. The number of amides is 1. The molecule has 0 aliphatic carbocycles. The van der Waals surface area contributed by atoms with E-state index in [0.717, 1.165) is 23.3 Å². The van der Waals surface area contributed by atoms with Crippen molar-refractivity contribution in [3.05, 3.63) is 58.7 Å². The summed E-state index contributed by atoms with van der Waals surface area (Å²) < 4.78 is 41.6. The quantitative estimate of drug-likeness (QED) is 0.328. The number of aromatic hydroxyl groups is 1. The van der Waals surface area contributed by atoms with Crippen molar-refractivity contribution >= 4 is 28.5 Å². The van der Waals surface area contributed by atoms with Gasteiger partial charge in [-0.15, -0.1) is 0 Å². The third-order valence-electron chi connectivity index (χ3n) is 5.24. The Morgan fingerprint density at radius 1 is 1.06 bits per heavy atom. The number of aryl methyl sites for hydroxylation is 2. The number of carbonyl (C=O) groups excluding carboxylic acids is 1. The molecule has 0 bridgehead atoms. The third kappa shape index (κ3) is 5.38. The predicted octanol–water partition coefficient (Wildman–Crippen LogP) is 5.07. The van der Waals surface area contributed by atoms with Gasteiger partial charge in [0.25, 0.3) is 0 Å². The second kappa shape index (κ2) is 9.58. The fourth-order valence-electron chi connectivity index (χ4n) is 3.81. The van der Waals surface area contributed by atoms with Crippen LogP contribution in [0.4, 0.5) is 13.2 Å². The summed E-state index contributed by atoms with van der Waals surface area (Å²) in [6.45, 7) is 5.19. The maximum Gasteiger partial charge on any atom is 0.416 e. The topological polar surface area (TPSA) is 104 Å². The minimum absolute atomic E-state index is 0.0612. The average molecular weight is 475 g/mol. The van der Waals surface area contributed by atoms with Crippen LogP contribution >= 0.6 is 0 Å². The molecule has 0 unspecified atom stereocenters. The van der Waals surface area contributed by atoms with E-state index in [2.05, 4.69) is 10.5 Å². The number of carboxylic acid groups (broad SMARTS) is 1.